The number of aromatic nitrogens is 2. The van der Waals surface area contributed by atoms with Gasteiger partial charge in [-0.15, -0.1) is 21.5 Å². The number of amides is 2. The lowest BCUT2D eigenvalue weighted by Gasteiger charge is -2.25. The summed E-state index contributed by atoms with van der Waals surface area (Å²) in [5.41, 5.74) is 0.840. The van der Waals surface area contributed by atoms with E-state index in [9.17, 15) is 19.7 Å². The van der Waals surface area contributed by atoms with E-state index < -0.39 is 22.5 Å². The van der Waals surface area contributed by atoms with Gasteiger partial charge < -0.3 is 19.7 Å². The second-order valence-corrected chi connectivity index (χ2v) is 9.39. The maximum absolute atomic E-state index is 13.1. The maximum atomic E-state index is 13.1. The van der Waals surface area contributed by atoms with Crippen LogP contribution in [-0.4, -0.2) is 51.8 Å². The van der Waals surface area contributed by atoms with Crippen LogP contribution in [0.3, 0.4) is 0 Å². The Morgan fingerprint density at radius 2 is 1.83 bits per heavy atom. The van der Waals surface area contributed by atoms with E-state index in [-0.39, 0.29) is 18.1 Å². The monoisotopic (exact) mass is 499 g/mol. The highest BCUT2D eigenvalue weighted by Crippen LogP contribution is 2.35. The third-order valence-corrected chi connectivity index (χ3v) is 5.74. The number of anilines is 1. The fourth-order valence-electron chi connectivity index (χ4n) is 3.03. The van der Waals surface area contributed by atoms with Crippen LogP contribution in [0.1, 0.15) is 36.7 Å². The number of hydrogen-bond acceptors (Lipinski definition) is 9. The van der Waals surface area contributed by atoms with E-state index in [0.717, 1.165) is 0 Å². The molecule has 2 amide bonds. The molecule has 2 aromatic heterocycles. The molecule has 3 rings (SSSR count). The molecule has 0 radical (unpaired) electrons. The summed E-state index contributed by atoms with van der Waals surface area (Å²) in [7, 11) is 3.03. The normalized spacial score (nSPS) is 11.0. The van der Waals surface area contributed by atoms with Crippen molar-refractivity contribution in [3.63, 3.8) is 0 Å². The third-order valence-electron chi connectivity index (χ3n) is 4.67. The minimum Gasteiger partial charge on any atom is -0.480 e. The van der Waals surface area contributed by atoms with Crippen LogP contribution < -0.4 is 10.1 Å². The van der Waals surface area contributed by atoms with Gasteiger partial charge in [-0.3, -0.25) is 14.9 Å². The van der Waals surface area contributed by atoms with Crippen molar-refractivity contribution >= 4 is 34.8 Å². The lowest BCUT2D eigenvalue weighted by Crippen LogP contribution is -2.34. The van der Waals surface area contributed by atoms with Gasteiger partial charge in [0.15, 0.2) is 5.82 Å². The smallest absolute Gasteiger partial charge is 0.410 e. The lowest BCUT2D eigenvalue weighted by atomic mass is 10.0. The van der Waals surface area contributed by atoms with Crippen molar-refractivity contribution in [2.75, 3.05) is 19.5 Å². The minimum absolute atomic E-state index is 0.0474. The summed E-state index contributed by atoms with van der Waals surface area (Å²) in [5.74, 6) is 0.0884. The van der Waals surface area contributed by atoms with E-state index >= 15 is 0 Å². The van der Waals surface area contributed by atoms with Gasteiger partial charge in [0.2, 0.25) is 5.88 Å². The Morgan fingerprint density at radius 3 is 2.37 bits per heavy atom. The first-order valence-electron chi connectivity index (χ1n) is 10.5. The summed E-state index contributed by atoms with van der Waals surface area (Å²) in [6.07, 6.45) is -0.550. The summed E-state index contributed by atoms with van der Waals surface area (Å²) in [6.45, 7) is 5.36. The first-order chi connectivity index (χ1) is 16.5. The Hall–Kier alpha value is -4.06. The van der Waals surface area contributed by atoms with Gasteiger partial charge in [0.1, 0.15) is 5.60 Å². The molecule has 35 heavy (non-hydrogen) atoms. The molecule has 1 aromatic carbocycles. The second-order valence-electron chi connectivity index (χ2n) is 8.51. The summed E-state index contributed by atoms with van der Waals surface area (Å²) in [5, 5.41) is 23.1. The Morgan fingerprint density at radius 1 is 1.14 bits per heavy atom. The highest BCUT2D eigenvalue weighted by atomic mass is 32.1. The quantitative estimate of drug-likeness (QED) is 0.363. The van der Waals surface area contributed by atoms with Crippen LogP contribution in [0.4, 0.5) is 16.3 Å². The molecule has 0 aliphatic carbocycles. The lowest BCUT2D eigenvalue weighted by molar-refractivity contribution is -0.384. The van der Waals surface area contributed by atoms with Gasteiger partial charge in [0.25, 0.3) is 11.6 Å². The molecule has 0 bridgehead atoms. The zero-order chi connectivity index (χ0) is 25.8. The number of carbonyl (C=O) groups excluding carboxylic acids is 2. The molecule has 0 atom stereocenters. The van der Waals surface area contributed by atoms with Crippen LogP contribution in [0.5, 0.6) is 5.88 Å². The Balaban J connectivity index is 1.95. The second kappa shape index (κ2) is 10.5. The summed E-state index contributed by atoms with van der Waals surface area (Å²) in [6, 6.07) is 9.12. The van der Waals surface area contributed by atoms with Crippen LogP contribution in [0.2, 0.25) is 0 Å². The zero-order valence-corrected chi connectivity index (χ0v) is 20.7. The molecule has 0 spiro atoms. The van der Waals surface area contributed by atoms with Crippen LogP contribution >= 0.6 is 11.3 Å². The maximum Gasteiger partial charge on any atom is 0.410 e. The third kappa shape index (κ3) is 6.51. The predicted molar refractivity (Wildman–Crippen MR) is 131 cm³/mol. The van der Waals surface area contributed by atoms with E-state index in [4.69, 9.17) is 9.47 Å². The zero-order valence-electron chi connectivity index (χ0n) is 19.9. The molecule has 12 heteroatoms. The molecule has 11 nitrogen and oxygen atoms in total. The number of nitro benzene ring substituents is 1. The number of thiophene rings is 1. The van der Waals surface area contributed by atoms with Crippen molar-refractivity contribution in [1.82, 2.24) is 15.1 Å². The van der Waals surface area contributed by atoms with Crippen LogP contribution in [-0.2, 0) is 11.3 Å². The number of nitrogens with zero attached hydrogens (tertiary/aromatic N) is 4. The molecule has 184 valence electrons. The van der Waals surface area contributed by atoms with Crippen molar-refractivity contribution in [3.05, 3.63) is 63.0 Å². The topological polar surface area (TPSA) is 137 Å². The molecule has 0 saturated heterocycles. The number of methoxy groups -OCH3 is 1. The Bertz CT molecular complexity index is 1220. The molecule has 1 N–H and O–H groups in total. The van der Waals surface area contributed by atoms with Crippen molar-refractivity contribution in [1.29, 1.82) is 0 Å². The minimum atomic E-state index is -0.686. The number of nitro groups is 1. The molecular weight excluding hydrogens is 474 g/mol. The van der Waals surface area contributed by atoms with Gasteiger partial charge in [-0.1, -0.05) is 0 Å². The average molecular weight is 500 g/mol. The van der Waals surface area contributed by atoms with Crippen molar-refractivity contribution in [2.24, 2.45) is 0 Å². The molecule has 0 fully saturated rings. The number of rotatable bonds is 7. The fourth-order valence-corrected chi connectivity index (χ4v) is 4.10. The van der Waals surface area contributed by atoms with Gasteiger partial charge in [0, 0.05) is 41.1 Å². The molecule has 0 aliphatic rings. The van der Waals surface area contributed by atoms with Crippen molar-refractivity contribution in [2.45, 2.75) is 32.9 Å². The molecule has 2 heterocycles. The Labute approximate surface area is 205 Å². The van der Waals surface area contributed by atoms with E-state index in [1.165, 1.54) is 35.5 Å². The summed E-state index contributed by atoms with van der Waals surface area (Å²) < 4.78 is 10.4. The van der Waals surface area contributed by atoms with Crippen LogP contribution in [0.15, 0.2) is 41.8 Å². The standard InChI is InChI=1S/C23H25N5O6S/c1-23(2,3)34-22(30)27(4)12-16-17(21(29)24-18-10-11-19(33-5)26-25-18)13-35-20(16)14-6-8-15(9-7-14)28(31)32/h6-11,13H,12H2,1-5H3,(H,24,25,29). The number of hydrogen-bond donors (Lipinski definition) is 1. The molecule has 0 aliphatic heterocycles. The van der Waals surface area contributed by atoms with Crippen molar-refractivity contribution < 1.29 is 24.0 Å². The largest absolute Gasteiger partial charge is 0.480 e. The highest BCUT2D eigenvalue weighted by Gasteiger charge is 2.25. The van der Waals surface area contributed by atoms with Crippen LogP contribution in [0, 0.1) is 10.1 Å². The first-order valence-corrected chi connectivity index (χ1v) is 11.3. The highest BCUT2D eigenvalue weighted by molar-refractivity contribution is 7.14. The Kier molecular flexibility index (Phi) is 7.65. The summed E-state index contributed by atoms with van der Waals surface area (Å²) >= 11 is 1.29. The van der Waals surface area contributed by atoms with Gasteiger partial charge in [-0.2, -0.15) is 0 Å². The van der Waals surface area contributed by atoms with Gasteiger partial charge in [-0.25, -0.2) is 4.79 Å². The van der Waals surface area contributed by atoms with Crippen molar-refractivity contribution in [3.8, 4) is 16.3 Å². The molecule has 0 unspecified atom stereocenters. The van der Waals surface area contributed by atoms with Gasteiger partial charge in [0.05, 0.1) is 24.1 Å². The fraction of sp³-hybridized carbons (Fsp3) is 0.304. The number of benzene rings is 1. The number of ether oxygens (including phenoxy) is 2. The molecule has 0 saturated carbocycles. The van der Waals surface area contributed by atoms with E-state index in [0.29, 0.717) is 27.4 Å². The average Bonchev–Trinajstić information content (AvgIpc) is 3.22. The molecule has 3 aromatic rings. The summed E-state index contributed by atoms with van der Waals surface area (Å²) in [4.78, 5) is 38.3. The van der Waals surface area contributed by atoms with Gasteiger partial charge in [-0.05, 0) is 44.5 Å². The first kappa shape index (κ1) is 25.6. The molecular formula is C23H25N5O6S. The SMILES string of the molecule is COc1ccc(NC(=O)c2csc(-c3ccc([N+](=O)[O-])cc3)c2CN(C)C(=O)OC(C)(C)C)nn1. The van der Waals surface area contributed by atoms with Gasteiger partial charge >= 0.3 is 6.09 Å². The van der Waals surface area contributed by atoms with E-state index in [1.807, 2.05) is 0 Å². The number of non-ortho nitro benzene ring substituents is 1. The number of carbonyl (C=O) groups is 2. The number of nitrogens with one attached hydrogen (secondary N) is 1. The predicted octanol–water partition coefficient (Wildman–Crippen LogP) is 4.74. The van der Waals surface area contributed by atoms with E-state index in [2.05, 4.69) is 15.5 Å². The van der Waals surface area contributed by atoms with Crippen LogP contribution in [0.25, 0.3) is 10.4 Å². The van der Waals surface area contributed by atoms with E-state index in [1.54, 1.807) is 57.5 Å².